The predicted octanol–water partition coefficient (Wildman–Crippen LogP) is 5.90. The molecular weight excluding hydrogens is 481 g/mol. The third-order valence-corrected chi connectivity index (χ3v) is 5.33. The van der Waals surface area contributed by atoms with Crippen LogP contribution in [0.3, 0.4) is 0 Å². The number of rotatable bonds is 9. The molecule has 0 spiro atoms. The number of ketones is 1. The van der Waals surface area contributed by atoms with Gasteiger partial charge in [-0.1, -0.05) is 23.2 Å². The highest BCUT2D eigenvalue weighted by Gasteiger charge is 2.24. The second kappa shape index (κ2) is 10.6. The Hall–Kier alpha value is -3.55. The molecular formula is C25H19Cl2NO6. The van der Waals surface area contributed by atoms with E-state index in [1.165, 1.54) is 13.3 Å². The van der Waals surface area contributed by atoms with Crippen LogP contribution in [0.15, 0.2) is 71.5 Å². The molecule has 0 fully saturated rings. The molecule has 0 saturated heterocycles. The number of carbonyl (C=O) groups is 2. The third kappa shape index (κ3) is 6.07. The zero-order valence-electron chi connectivity index (χ0n) is 18.0. The van der Waals surface area contributed by atoms with Gasteiger partial charge in [-0.3, -0.25) is 9.59 Å². The van der Waals surface area contributed by atoms with Crippen molar-refractivity contribution < 1.29 is 28.2 Å². The van der Waals surface area contributed by atoms with E-state index in [0.717, 1.165) is 5.56 Å². The van der Waals surface area contributed by atoms with Crippen molar-refractivity contribution in [3.8, 4) is 17.2 Å². The van der Waals surface area contributed by atoms with Crippen molar-refractivity contribution in [2.45, 2.75) is 13.5 Å². The first-order valence-electron chi connectivity index (χ1n) is 10.3. The zero-order valence-corrected chi connectivity index (χ0v) is 19.5. The highest BCUT2D eigenvalue weighted by Crippen LogP contribution is 2.23. The maximum absolute atomic E-state index is 12.4. The van der Waals surface area contributed by atoms with Gasteiger partial charge in [0.05, 0.1) is 0 Å². The third-order valence-electron chi connectivity index (χ3n) is 4.89. The van der Waals surface area contributed by atoms with E-state index in [-0.39, 0.29) is 12.4 Å². The number of fused-ring (bicyclic) bond motifs is 1. The van der Waals surface area contributed by atoms with Gasteiger partial charge in [0.1, 0.15) is 41.9 Å². The molecule has 1 aromatic heterocycles. The average molecular weight is 500 g/mol. The van der Waals surface area contributed by atoms with E-state index in [1.807, 2.05) is 0 Å². The van der Waals surface area contributed by atoms with Crippen molar-refractivity contribution in [2.75, 3.05) is 6.61 Å². The fourth-order valence-corrected chi connectivity index (χ4v) is 3.58. The number of nitrogens with zero attached hydrogens (tertiary/aromatic N) is 1. The van der Waals surface area contributed by atoms with Crippen LogP contribution in [-0.2, 0) is 16.2 Å². The minimum Gasteiger partial charge on any atom is -0.489 e. The van der Waals surface area contributed by atoms with Crippen LogP contribution in [0.1, 0.15) is 12.5 Å². The Kier molecular flexibility index (Phi) is 7.35. The van der Waals surface area contributed by atoms with E-state index in [0.29, 0.717) is 39.3 Å². The fraction of sp³-hybridized carbons (Fsp3) is 0.160. The first-order chi connectivity index (χ1) is 16.4. The number of esters is 1. The van der Waals surface area contributed by atoms with E-state index in [4.69, 9.17) is 41.8 Å². The van der Waals surface area contributed by atoms with Gasteiger partial charge in [0, 0.05) is 16.1 Å². The summed E-state index contributed by atoms with van der Waals surface area (Å²) in [6, 6.07) is 16.7. The van der Waals surface area contributed by atoms with Gasteiger partial charge in [0.25, 0.3) is 0 Å². The van der Waals surface area contributed by atoms with Crippen LogP contribution in [0.2, 0.25) is 10.0 Å². The van der Waals surface area contributed by atoms with Gasteiger partial charge in [0.2, 0.25) is 0 Å². The fourth-order valence-electron chi connectivity index (χ4n) is 3.01. The predicted molar refractivity (Wildman–Crippen MR) is 127 cm³/mol. The molecule has 0 N–H and O–H groups in total. The second-order valence-corrected chi connectivity index (χ2v) is 8.29. The summed E-state index contributed by atoms with van der Waals surface area (Å²) in [5.74, 6) is -0.742. The molecule has 174 valence electrons. The molecule has 9 heteroatoms. The molecule has 34 heavy (non-hydrogen) atoms. The monoisotopic (exact) mass is 499 g/mol. The summed E-state index contributed by atoms with van der Waals surface area (Å²) >= 11 is 12.0. The number of aromatic nitrogens is 1. The van der Waals surface area contributed by atoms with Crippen LogP contribution >= 0.6 is 23.2 Å². The topological polar surface area (TPSA) is 87.9 Å². The summed E-state index contributed by atoms with van der Waals surface area (Å²) in [6.07, 6.45) is 1.30. The SMILES string of the molecule is CC(C(=O)COc1ccc(OCc2cc(Cl)cc(Cl)c2)cc1)C(=O)Oc1ccc2ocnc2c1. The number of Topliss-reactive ketones (excluding diaryl/α,β-unsaturated/α-hetero) is 1. The standard InChI is InChI=1S/C25H19Cl2NO6/c1-15(25(30)34-21-6-7-24-22(11-21)28-14-33-24)23(29)13-32-20-4-2-19(3-5-20)31-12-16-8-17(26)10-18(27)9-16/h2-11,14-15H,12-13H2,1H3. The molecule has 4 rings (SSSR count). The zero-order chi connectivity index (χ0) is 24.1. The smallest absolute Gasteiger partial charge is 0.321 e. The number of oxazole rings is 1. The summed E-state index contributed by atoms with van der Waals surface area (Å²) in [5, 5.41) is 1.07. The molecule has 0 radical (unpaired) electrons. The Bertz CT molecular complexity index is 1300. The highest BCUT2D eigenvalue weighted by molar-refractivity contribution is 6.34. The van der Waals surface area contributed by atoms with Gasteiger partial charge < -0.3 is 18.6 Å². The lowest BCUT2D eigenvalue weighted by atomic mass is 10.1. The maximum atomic E-state index is 12.4. The molecule has 1 unspecified atom stereocenters. The van der Waals surface area contributed by atoms with Gasteiger partial charge in [-0.05, 0) is 67.1 Å². The van der Waals surface area contributed by atoms with Crippen molar-refractivity contribution in [1.82, 2.24) is 4.98 Å². The van der Waals surface area contributed by atoms with E-state index < -0.39 is 17.7 Å². The summed E-state index contributed by atoms with van der Waals surface area (Å²) in [6.45, 7) is 1.49. The van der Waals surface area contributed by atoms with Crippen molar-refractivity contribution in [1.29, 1.82) is 0 Å². The number of hydrogen-bond donors (Lipinski definition) is 0. The Labute approximate surface area is 205 Å². The molecule has 3 aromatic carbocycles. The number of hydrogen-bond acceptors (Lipinski definition) is 7. The van der Waals surface area contributed by atoms with Crippen LogP contribution in [-0.4, -0.2) is 23.3 Å². The molecule has 4 aromatic rings. The summed E-state index contributed by atoms with van der Waals surface area (Å²) in [4.78, 5) is 28.7. The largest absolute Gasteiger partial charge is 0.489 e. The summed E-state index contributed by atoms with van der Waals surface area (Å²) in [7, 11) is 0. The van der Waals surface area contributed by atoms with Gasteiger partial charge in [0.15, 0.2) is 17.8 Å². The van der Waals surface area contributed by atoms with Gasteiger partial charge in [-0.15, -0.1) is 0 Å². The van der Waals surface area contributed by atoms with Gasteiger partial charge in [-0.25, -0.2) is 4.98 Å². The van der Waals surface area contributed by atoms with Crippen LogP contribution in [0.4, 0.5) is 0 Å². The molecule has 0 saturated carbocycles. The van der Waals surface area contributed by atoms with Crippen molar-refractivity contribution in [3.63, 3.8) is 0 Å². The Morgan fingerprint density at radius 2 is 1.56 bits per heavy atom. The second-order valence-electron chi connectivity index (χ2n) is 7.42. The van der Waals surface area contributed by atoms with E-state index in [1.54, 1.807) is 60.7 Å². The minimum atomic E-state index is -1.000. The van der Waals surface area contributed by atoms with Crippen LogP contribution in [0.5, 0.6) is 17.2 Å². The minimum absolute atomic E-state index is 0.278. The Morgan fingerprint density at radius 3 is 2.26 bits per heavy atom. The van der Waals surface area contributed by atoms with E-state index in [9.17, 15) is 9.59 Å². The first-order valence-corrected chi connectivity index (χ1v) is 11.0. The lowest BCUT2D eigenvalue weighted by Gasteiger charge is -2.12. The van der Waals surface area contributed by atoms with E-state index in [2.05, 4.69) is 4.98 Å². The quantitative estimate of drug-likeness (QED) is 0.161. The van der Waals surface area contributed by atoms with E-state index >= 15 is 0 Å². The first kappa shape index (κ1) is 23.6. The van der Waals surface area contributed by atoms with Crippen molar-refractivity contribution >= 4 is 46.1 Å². The Morgan fingerprint density at radius 1 is 0.912 bits per heavy atom. The van der Waals surface area contributed by atoms with Crippen LogP contribution < -0.4 is 14.2 Å². The molecule has 0 aliphatic rings. The van der Waals surface area contributed by atoms with Crippen molar-refractivity contribution in [2.24, 2.45) is 5.92 Å². The molecule has 0 bridgehead atoms. The van der Waals surface area contributed by atoms with Gasteiger partial charge in [-0.2, -0.15) is 0 Å². The summed E-state index contributed by atoms with van der Waals surface area (Å²) in [5.41, 5.74) is 1.96. The molecule has 1 atom stereocenters. The number of halogens is 2. The molecule has 1 heterocycles. The van der Waals surface area contributed by atoms with Gasteiger partial charge >= 0.3 is 5.97 Å². The summed E-state index contributed by atoms with van der Waals surface area (Å²) < 4.78 is 21.7. The molecule has 0 amide bonds. The average Bonchev–Trinajstić information content (AvgIpc) is 3.28. The molecule has 7 nitrogen and oxygen atoms in total. The highest BCUT2D eigenvalue weighted by atomic mass is 35.5. The molecule has 0 aliphatic carbocycles. The lowest BCUT2D eigenvalue weighted by molar-refractivity contribution is -0.143. The van der Waals surface area contributed by atoms with Crippen molar-refractivity contribution in [3.05, 3.63) is 82.7 Å². The number of benzene rings is 3. The number of carbonyl (C=O) groups excluding carboxylic acids is 2. The maximum Gasteiger partial charge on any atom is 0.321 e. The molecule has 0 aliphatic heterocycles. The lowest BCUT2D eigenvalue weighted by Crippen LogP contribution is -2.29. The van der Waals surface area contributed by atoms with Crippen LogP contribution in [0, 0.1) is 5.92 Å². The normalized spacial score (nSPS) is 11.7. The number of ether oxygens (including phenoxy) is 3. The Balaban J connectivity index is 1.25. The van der Waals surface area contributed by atoms with Crippen LogP contribution in [0.25, 0.3) is 11.1 Å².